The first-order valence-electron chi connectivity index (χ1n) is 4.47. The van der Waals surface area contributed by atoms with E-state index in [9.17, 15) is 0 Å². The van der Waals surface area contributed by atoms with E-state index in [1.54, 1.807) is 11.3 Å². The fourth-order valence-electron chi connectivity index (χ4n) is 1.16. The van der Waals surface area contributed by atoms with E-state index in [4.69, 9.17) is 0 Å². The summed E-state index contributed by atoms with van der Waals surface area (Å²) in [6, 6.07) is 0.533. The first-order chi connectivity index (χ1) is 6.25. The molecule has 0 radical (unpaired) electrons. The minimum Gasteiger partial charge on any atom is -0.346 e. The van der Waals surface area contributed by atoms with Gasteiger partial charge in [-0.1, -0.05) is 15.9 Å². The maximum absolute atomic E-state index is 4.32. The lowest BCUT2D eigenvalue weighted by Crippen LogP contribution is -2.31. The van der Waals surface area contributed by atoms with Gasteiger partial charge in [-0.3, -0.25) is 0 Å². The standard InChI is InChI=1S/C9H15BrN2S/c1-8(2)12(6-3-4-10)9-11-5-7-13-9/h5,7-8H,3-4,6H2,1-2H3. The van der Waals surface area contributed by atoms with Crippen molar-refractivity contribution in [2.45, 2.75) is 26.3 Å². The van der Waals surface area contributed by atoms with Crippen LogP contribution >= 0.6 is 27.3 Å². The van der Waals surface area contributed by atoms with Crippen molar-refractivity contribution < 1.29 is 0 Å². The maximum Gasteiger partial charge on any atom is 0.185 e. The van der Waals surface area contributed by atoms with Crippen molar-refractivity contribution in [1.82, 2.24) is 4.98 Å². The summed E-state index contributed by atoms with van der Waals surface area (Å²) in [7, 11) is 0. The largest absolute Gasteiger partial charge is 0.346 e. The van der Waals surface area contributed by atoms with Crippen molar-refractivity contribution in [2.75, 3.05) is 16.8 Å². The molecule has 0 amide bonds. The summed E-state index contributed by atoms with van der Waals surface area (Å²) < 4.78 is 0. The van der Waals surface area contributed by atoms with Crippen LogP contribution in [0, 0.1) is 0 Å². The molecule has 0 unspecified atom stereocenters. The Balaban J connectivity index is 2.58. The summed E-state index contributed by atoms with van der Waals surface area (Å²) in [5.41, 5.74) is 0. The fourth-order valence-corrected chi connectivity index (χ4v) is 2.22. The smallest absolute Gasteiger partial charge is 0.185 e. The monoisotopic (exact) mass is 262 g/mol. The van der Waals surface area contributed by atoms with Gasteiger partial charge in [-0.25, -0.2) is 4.98 Å². The Kier molecular flexibility index (Phi) is 4.73. The Morgan fingerprint density at radius 1 is 1.62 bits per heavy atom. The molecule has 2 nitrogen and oxygen atoms in total. The van der Waals surface area contributed by atoms with E-state index in [0.29, 0.717) is 6.04 Å². The van der Waals surface area contributed by atoms with Crippen molar-refractivity contribution in [3.63, 3.8) is 0 Å². The topological polar surface area (TPSA) is 16.1 Å². The molecule has 0 aliphatic heterocycles. The highest BCUT2D eigenvalue weighted by atomic mass is 79.9. The van der Waals surface area contributed by atoms with Crippen molar-refractivity contribution in [3.8, 4) is 0 Å². The van der Waals surface area contributed by atoms with Crippen LogP contribution in [0.1, 0.15) is 20.3 Å². The Morgan fingerprint density at radius 3 is 2.85 bits per heavy atom. The third kappa shape index (κ3) is 3.27. The normalized spacial score (nSPS) is 10.8. The van der Waals surface area contributed by atoms with E-state index in [1.807, 2.05) is 11.6 Å². The summed E-state index contributed by atoms with van der Waals surface area (Å²) in [4.78, 5) is 6.66. The third-order valence-corrected chi connectivity index (χ3v) is 3.19. The van der Waals surface area contributed by atoms with Crippen LogP contribution in [0.2, 0.25) is 0 Å². The third-order valence-electron chi connectivity index (χ3n) is 1.82. The molecular formula is C9H15BrN2S. The van der Waals surface area contributed by atoms with Crippen LogP contribution in [-0.4, -0.2) is 22.9 Å². The zero-order chi connectivity index (χ0) is 9.68. The molecule has 0 fully saturated rings. The molecule has 1 aromatic rings. The molecule has 0 N–H and O–H groups in total. The number of hydrogen-bond acceptors (Lipinski definition) is 3. The molecule has 0 aliphatic carbocycles. The number of hydrogen-bond donors (Lipinski definition) is 0. The molecule has 1 rings (SSSR count). The Morgan fingerprint density at radius 2 is 2.38 bits per heavy atom. The van der Waals surface area contributed by atoms with Gasteiger partial charge < -0.3 is 4.90 Å². The van der Waals surface area contributed by atoms with E-state index in [1.165, 1.54) is 0 Å². The Bertz CT molecular complexity index is 224. The van der Waals surface area contributed by atoms with Crippen LogP contribution in [0.15, 0.2) is 11.6 Å². The van der Waals surface area contributed by atoms with Crippen LogP contribution in [0.25, 0.3) is 0 Å². The highest BCUT2D eigenvalue weighted by molar-refractivity contribution is 9.09. The average molecular weight is 263 g/mol. The Labute approximate surface area is 92.1 Å². The minimum absolute atomic E-state index is 0.533. The number of aromatic nitrogens is 1. The van der Waals surface area contributed by atoms with Gasteiger partial charge in [0, 0.05) is 29.5 Å². The number of rotatable bonds is 5. The number of nitrogens with zero attached hydrogens (tertiary/aromatic N) is 2. The van der Waals surface area contributed by atoms with Crippen LogP contribution in [0.3, 0.4) is 0 Å². The van der Waals surface area contributed by atoms with Gasteiger partial charge >= 0.3 is 0 Å². The van der Waals surface area contributed by atoms with Gasteiger partial charge in [-0.15, -0.1) is 11.3 Å². The van der Waals surface area contributed by atoms with Gasteiger partial charge in [0.05, 0.1) is 0 Å². The lowest BCUT2D eigenvalue weighted by atomic mass is 10.3. The van der Waals surface area contributed by atoms with Crippen LogP contribution < -0.4 is 4.90 Å². The van der Waals surface area contributed by atoms with Crippen molar-refractivity contribution in [2.24, 2.45) is 0 Å². The van der Waals surface area contributed by atoms with Gasteiger partial charge in [0.15, 0.2) is 5.13 Å². The predicted octanol–water partition coefficient (Wildman–Crippen LogP) is 3.14. The minimum atomic E-state index is 0.533. The second-order valence-corrected chi connectivity index (χ2v) is 4.81. The molecule has 0 saturated carbocycles. The molecule has 1 heterocycles. The summed E-state index contributed by atoms with van der Waals surface area (Å²) >= 11 is 5.16. The van der Waals surface area contributed by atoms with Gasteiger partial charge in [0.2, 0.25) is 0 Å². The van der Waals surface area contributed by atoms with Crippen LogP contribution in [-0.2, 0) is 0 Å². The summed E-state index contributed by atoms with van der Waals surface area (Å²) in [5.74, 6) is 0. The zero-order valence-electron chi connectivity index (χ0n) is 8.03. The molecule has 0 bridgehead atoms. The molecule has 0 atom stereocenters. The number of alkyl halides is 1. The molecule has 0 aromatic carbocycles. The fraction of sp³-hybridized carbons (Fsp3) is 0.667. The maximum atomic E-state index is 4.32. The molecule has 74 valence electrons. The van der Waals surface area contributed by atoms with Gasteiger partial charge in [0.25, 0.3) is 0 Å². The zero-order valence-corrected chi connectivity index (χ0v) is 10.4. The van der Waals surface area contributed by atoms with Crippen molar-refractivity contribution in [3.05, 3.63) is 11.6 Å². The molecule has 1 aromatic heterocycles. The molecule has 0 saturated heterocycles. The first kappa shape index (κ1) is 11.0. The quantitative estimate of drug-likeness (QED) is 0.759. The van der Waals surface area contributed by atoms with Gasteiger partial charge in [-0.05, 0) is 20.3 Å². The predicted molar refractivity (Wildman–Crippen MR) is 63.0 cm³/mol. The number of halogens is 1. The molecule has 0 spiro atoms. The Hall–Kier alpha value is -0.0900. The molecular weight excluding hydrogens is 248 g/mol. The van der Waals surface area contributed by atoms with Crippen LogP contribution in [0.5, 0.6) is 0 Å². The number of anilines is 1. The van der Waals surface area contributed by atoms with E-state index in [0.717, 1.165) is 23.4 Å². The lowest BCUT2D eigenvalue weighted by molar-refractivity contribution is 0.672. The van der Waals surface area contributed by atoms with Gasteiger partial charge in [-0.2, -0.15) is 0 Å². The second kappa shape index (κ2) is 5.60. The highest BCUT2D eigenvalue weighted by Crippen LogP contribution is 2.19. The van der Waals surface area contributed by atoms with Crippen molar-refractivity contribution >= 4 is 32.4 Å². The second-order valence-electron chi connectivity index (χ2n) is 3.14. The first-order valence-corrected chi connectivity index (χ1v) is 6.48. The summed E-state index contributed by atoms with van der Waals surface area (Å²) in [5, 5.41) is 4.22. The van der Waals surface area contributed by atoms with Gasteiger partial charge in [0.1, 0.15) is 0 Å². The van der Waals surface area contributed by atoms with E-state index < -0.39 is 0 Å². The lowest BCUT2D eigenvalue weighted by Gasteiger charge is -2.25. The van der Waals surface area contributed by atoms with E-state index >= 15 is 0 Å². The van der Waals surface area contributed by atoms with Crippen LogP contribution in [0.4, 0.5) is 5.13 Å². The average Bonchev–Trinajstić information content (AvgIpc) is 2.57. The van der Waals surface area contributed by atoms with E-state index in [-0.39, 0.29) is 0 Å². The summed E-state index contributed by atoms with van der Waals surface area (Å²) in [6.07, 6.45) is 3.03. The molecule has 13 heavy (non-hydrogen) atoms. The molecule has 0 aliphatic rings. The van der Waals surface area contributed by atoms with Crippen molar-refractivity contribution in [1.29, 1.82) is 0 Å². The van der Waals surface area contributed by atoms with E-state index in [2.05, 4.69) is 39.7 Å². The SMILES string of the molecule is CC(C)N(CCCBr)c1nccs1. The summed E-state index contributed by atoms with van der Waals surface area (Å²) in [6.45, 7) is 5.49. The number of thiazole rings is 1. The highest BCUT2D eigenvalue weighted by Gasteiger charge is 2.11. The molecule has 4 heteroatoms.